The lowest BCUT2D eigenvalue weighted by Crippen LogP contribution is -2.59. The first-order chi connectivity index (χ1) is 14.7. The zero-order chi connectivity index (χ0) is 24.3. The smallest absolute Gasteiger partial charge is 0.410 e. The molecule has 32 heavy (non-hydrogen) atoms. The van der Waals surface area contributed by atoms with Crippen LogP contribution < -0.4 is 11.1 Å². The third-order valence-electron chi connectivity index (χ3n) is 4.97. The molecule has 10 heteroatoms. The number of nitrogens with two attached hydrogens (primary N) is 1. The topological polar surface area (TPSA) is 97.0 Å². The van der Waals surface area contributed by atoms with E-state index in [1.54, 1.807) is 20.8 Å². The van der Waals surface area contributed by atoms with E-state index in [9.17, 15) is 18.4 Å². The SMILES string of the molecule is CC(C)(C)OC(=O)N1CC[C@H]1C(=O)NCc1c(F)cc(C(N)=NCC[Si](C)(C)C)cc1F. The standard InChI is InChI=1S/C22H34F2N4O3Si/c1-22(2,3)31-21(30)28-9-7-18(28)20(29)27-13-15-16(23)11-14(12-17(15)24)19(25)26-8-10-32(4,5)6/h11-12,18H,7-10,13H2,1-6H3,(H2,25,26)(H,27,29)/t18-/m0/s1. The molecule has 1 aromatic carbocycles. The molecule has 0 unspecified atom stereocenters. The van der Waals surface area contributed by atoms with Gasteiger partial charge in [-0.05, 0) is 45.4 Å². The van der Waals surface area contributed by atoms with Crippen LogP contribution in [0.2, 0.25) is 25.7 Å². The number of nitrogens with zero attached hydrogens (tertiary/aromatic N) is 2. The van der Waals surface area contributed by atoms with Crippen LogP contribution in [0.1, 0.15) is 38.3 Å². The molecular formula is C22H34F2N4O3Si. The van der Waals surface area contributed by atoms with Crippen LogP contribution in [-0.2, 0) is 16.1 Å². The molecule has 1 atom stereocenters. The summed E-state index contributed by atoms with van der Waals surface area (Å²) in [6.45, 7) is 12.4. The van der Waals surface area contributed by atoms with Crippen molar-refractivity contribution < 1.29 is 23.1 Å². The number of benzene rings is 1. The van der Waals surface area contributed by atoms with Crippen LogP contribution in [0.5, 0.6) is 0 Å². The van der Waals surface area contributed by atoms with Gasteiger partial charge in [0.25, 0.3) is 0 Å². The summed E-state index contributed by atoms with van der Waals surface area (Å²) in [5, 5.41) is 2.50. The number of hydrogen-bond donors (Lipinski definition) is 2. The average molecular weight is 469 g/mol. The van der Waals surface area contributed by atoms with Gasteiger partial charge in [-0.1, -0.05) is 19.6 Å². The quantitative estimate of drug-likeness (QED) is 0.363. The van der Waals surface area contributed by atoms with Crippen molar-refractivity contribution >= 4 is 25.9 Å². The van der Waals surface area contributed by atoms with Gasteiger partial charge in [-0.15, -0.1) is 0 Å². The summed E-state index contributed by atoms with van der Waals surface area (Å²) in [6, 6.07) is 2.44. The predicted octanol–water partition coefficient (Wildman–Crippen LogP) is 3.63. The molecule has 0 aromatic heterocycles. The van der Waals surface area contributed by atoms with Gasteiger partial charge < -0.3 is 15.8 Å². The van der Waals surface area contributed by atoms with Crippen molar-refractivity contribution in [3.63, 3.8) is 0 Å². The number of carbonyl (C=O) groups is 2. The van der Waals surface area contributed by atoms with E-state index >= 15 is 0 Å². The maximum absolute atomic E-state index is 14.5. The first kappa shape index (κ1) is 25.8. The molecular weight excluding hydrogens is 434 g/mol. The maximum Gasteiger partial charge on any atom is 0.410 e. The van der Waals surface area contributed by atoms with Crippen molar-refractivity contribution in [1.82, 2.24) is 10.2 Å². The number of aliphatic imine (C=N–C) groups is 1. The molecule has 1 saturated heterocycles. The summed E-state index contributed by atoms with van der Waals surface area (Å²) >= 11 is 0. The van der Waals surface area contributed by atoms with E-state index in [0.717, 1.165) is 18.2 Å². The summed E-state index contributed by atoms with van der Waals surface area (Å²) in [7, 11) is -1.29. The Morgan fingerprint density at radius 3 is 2.31 bits per heavy atom. The Balaban J connectivity index is 1.99. The van der Waals surface area contributed by atoms with Crippen LogP contribution in [0.25, 0.3) is 0 Å². The second kappa shape index (κ2) is 9.97. The van der Waals surface area contributed by atoms with E-state index in [4.69, 9.17) is 10.5 Å². The number of rotatable bonds is 7. The zero-order valence-electron chi connectivity index (χ0n) is 19.7. The number of likely N-dealkylation sites (tertiary alicyclic amines) is 1. The molecule has 2 rings (SSSR count). The van der Waals surface area contributed by atoms with Crippen LogP contribution in [0, 0.1) is 11.6 Å². The Bertz CT molecular complexity index is 871. The van der Waals surface area contributed by atoms with E-state index in [0.29, 0.717) is 19.5 Å². The molecule has 178 valence electrons. The average Bonchev–Trinajstić information content (AvgIpc) is 2.56. The first-order valence-corrected chi connectivity index (χ1v) is 14.4. The van der Waals surface area contributed by atoms with Crippen molar-refractivity contribution in [2.75, 3.05) is 13.1 Å². The van der Waals surface area contributed by atoms with Crippen molar-refractivity contribution in [1.29, 1.82) is 0 Å². The largest absolute Gasteiger partial charge is 0.444 e. The van der Waals surface area contributed by atoms with Gasteiger partial charge in [0.05, 0.1) is 0 Å². The van der Waals surface area contributed by atoms with Gasteiger partial charge in [0.2, 0.25) is 5.91 Å². The Morgan fingerprint density at radius 2 is 1.84 bits per heavy atom. The fraction of sp³-hybridized carbons (Fsp3) is 0.591. The van der Waals surface area contributed by atoms with E-state index in [1.165, 1.54) is 4.90 Å². The highest BCUT2D eigenvalue weighted by atomic mass is 28.3. The number of carbonyl (C=O) groups excluding carboxylic acids is 2. The second-order valence-corrected chi connectivity index (χ2v) is 15.8. The summed E-state index contributed by atoms with van der Waals surface area (Å²) < 4.78 is 34.4. The fourth-order valence-electron chi connectivity index (χ4n) is 3.02. The molecule has 0 aliphatic carbocycles. The molecule has 1 fully saturated rings. The lowest BCUT2D eigenvalue weighted by atomic mass is 10.0. The van der Waals surface area contributed by atoms with Gasteiger partial charge in [0, 0.05) is 38.8 Å². The van der Waals surface area contributed by atoms with Crippen molar-refractivity contribution in [3.8, 4) is 0 Å². The van der Waals surface area contributed by atoms with Gasteiger partial charge in [0.15, 0.2) is 0 Å². The molecule has 0 spiro atoms. The first-order valence-electron chi connectivity index (χ1n) is 10.7. The van der Waals surface area contributed by atoms with Gasteiger partial charge in [-0.3, -0.25) is 14.7 Å². The molecule has 1 aliphatic heterocycles. The second-order valence-electron chi connectivity index (χ2n) is 10.2. The Hall–Kier alpha value is -2.49. The van der Waals surface area contributed by atoms with E-state index < -0.39 is 43.4 Å². The molecule has 1 aromatic rings. The maximum atomic E-state index is 14.5. The van der Waals surface area contributed by atoms with E-state index in [1.807, 2.05) is 0 Å². The lowest BCUT2D eigenvalue weighted by Gasteiger charge is -2.40. The van der Waals surface area contributed by atoms with Crippen LogP contribution >= 0.6 is 0 Å². The van der Waals surface area contributed by atoms with Crippen LogP contribution in [0.4, 0.5) is 13.6 Å². The number of nitrogens with one attached hydrogen (secondary N) is 1. The molecule has 1 heterocycles. The Labute approximate surface area is 189 Å². The number of ether oxygens (including phenoxy) is 1. The van der Waals surface area contributed by atoms with E-state index in [2.05, 4.69) is 30.0 Å². The minimum absolute atomic E-state index is 0.0825. The van der Waals surface area contributed by atoms with Crippen molar-refractivity contribution in [2.24, 2.45) is 10.7 Å². The normalized spacial score (nSPS) is 17.1. The monoisotopic (exact) mass is 468 g/mol. The molecule has 1 aliphatic rings. The Kier molecular flexibility index (Phi) is 8.03. The van der Waals surface area contributed by atoms with Crippen LogP contribution in [-0.4, -0.2) is 55.5 Å². The highest BCUT2D eigenvalue weighted by molar-refractivity contribution is 6.76. The number of halogens is 2. The highest BCUT2D eigenvalue weighted by Gasteiger charge is 2.39. The number of hydrogen-bond acceptors (Lipinski definition) is 4. The number of amides is 2. The minimum atomic E-state index is -1.29. The highest BCUT2D eigenvalue weighted by Crippen LogP contribution is 2.22. The summed E-state index contributed by atoms with van der Waals surface area (Å²) in [5.74, 6) is -2.04. The third kappa shape index (κ3) is 7.28. The van der Waals surface area contributed by atoms with E-state index in [-0.39, 0.29) is 23.5 Å². The molecule has 2 amide bonds. The summed E-state index contributed by atoms with van der Waals surface area (Å²) in [6.07, 6.45) is -0.131. The van der Waals surface area contributed by atoms with Gasteiger partial charge >= 0.3 is 6.09 Å². The van der Waals surface area contributed by atoms with Crippen LogP contribution in [0.15, 0.2) is 17.1 Å². The van der Waals surface area contributed by atoms with Crippen molar-refractivity contribution in [3.05, 3.63) is 34.9 Å². The fourth-order valence-corrected chi connectivity index (χ4v) is 3.80. The minimum Gasteiger partial charge on any atom is -0.444 e. The van der Waals surface area contributed by atoms with Crippen molar-refractivity contribution in [2.45, 2.75) is 71.1 Å². The molecule has 0 saturated carbocycles. The zero-order valence-corrected chi connectivity index (χ0v) is 20.7. The Morgan fingerprint density at radius 1 is 1.25 bits per heavy atom. The van der Waals surface area contributed by atoms with Gasteiger partial charge in [-0.25, -0.2) is 13.6 Å². The lowest BCUT2D eigenvalue weighted by molar-refractivity contribution is -0.130. The third-order valence-corrected chi connectivity index (χ3v) is 6.69. The molecule has 7 nitrogen and oxygen atoms in total. The summed E-state index contributed by atoms with van der Waals surface area (Å²) in [5.41, 5.74) is 5.11. The molecule has 0 radical (unpaired) electrons. The predicted molar refractivity (Wildman–Crippen MR) is 123 cm³/mol. The molecule has 3 N–H and O–H groups in total. The molecule has 0 bridgehead atoms. The van der Waals surface area contributed by atoms with Gasteiger partial charge in [-0.2, -0.15) is 0 Å². The van der Waals surface area contributed by atoms with Crippen LogP contribution in [0.3, 0.4) is 0 Å². The van der Waals surface area contributed by atoms with Gasteiger partial charge in [0.1, 0.15) is 29.1 Å². The summed E-state index contributed by atoms with van der Waals surface area (Å²) in [4.78, 5) is 30.1. The number of amidine groups is 1.